The summed E-state index contributed by atoms with van der Waals surface area (Å²) in [4.78, 5) is 16.2. The maximum atomic E-state index is 14.8. The lowest BCUT2D eigenvalue weighted by Crippen LogP contribution is -2.48. The molecular formula is C23H24F4N4O3. The van der Waals surface area contributed by atoms with E-state index >= 15 is 0 Å². The van der Waals surface area contributed by atoms with E-state index in [0.29, 0.717) is 37.4 Å². The molecule has 4 rings (SSSR count). The first-order valence-electron chi connectivity index (χ1n) is 10.7. The molecule has 2 aromatic carbocycles. The highest BCUT2D eigenvalue weighted by Gasteiger charge is 2.47. The number of nitrogens with zero attached hydrogens (tertiary/aromatic N) is 3. The van der Waals surface area contributed by atoms with Crippen molar-refractivity contribution in [3.8, 4) is 0 Å². The number of urea groups is 1. The van der Waals surface area contributed by atoms with E-state index in [-0.39, 0.29) is 18.3 Å². The number of hydrazone groups is 1. The number of nitrogens with one attached hydrogen (secondary N) is 1. The number of carbonyl (C=O) groups excluding carboxylic acids is 1. The number of hydrogen-bond donors (Lipinski definition) is 1. The molecule has 1 N–H and O–H groups in total. The topological polar surface area (TPSA) is 66.4 Å². The van der Waals surface area contributed by atoms with E-state index in [1.54, 1.807) is 48.2 Å². The smallest absolute Gasteiger partial charge is 0.441 e. The Labute approximate surface area is 193 Å². The molecule has 11 heteroatoms. The molecule has 2 aliphatic rings. The second-order valence-corrected chi connectivity index (χ2v) is 8.28. The lowest BCUT2D eigenvalue weighted by atomic mass is 10.0. The van der Waals surface area contributed by atoms with Gasteiger partial charge in [-0.2, -0.15) is 13.2 Å². The number of halogens is 4. The van der Waals surface area contributed by atoms with E-state index in [9.17, 15) is 22.4 Å². The van der Waals surface area contributed by atoms with E-state index in [0.717, 1.165) is 5.56 Å². The summed E-state index contributed by atoms with van der Waals surface area (Å²) >= 11 is 0. The van der Waals surface area contributed by atoms with Crippen LogP contribution in [0.2, 0.25) is 0 Å². The number of carbonyl (C=O) groups is 1. The number of alkyl halides is 3. The molecule has 2 aliphatic heterocycles. The number of benzene rings is 2. The molecule has 2 amide bonds. The summed E-state index contributed by atoms with van der Waals surface area (Å²) in [5, 5.41) is 3.25. The van der Waals surface area contributed by atoms with Gasteiger partial charge in [-0.05, 0) is 30.2 Å². The largest absolute Gasteiger partial charge is 0.470 e. The molecule has 1 atom stereocenters. The van der Waals surface area contributed by atoms with Crippen molar-refractivity contribution in [3.05, 3.63) is 65.0 Å². The van der Waals surface area contributed by atoms with Crippen LogP contribution in [0.4, 0.5) is 28.0 Å². The average molecular weight is 480 g/mol. The highest BCUT2D eigenvalue weighted by Crippen LogP contribution is 2.32. The molecule has 0 radical (unpaired) electrons. The first-order valence-corrected chi connectivity index (χ1v) is 10.7. The Morgan fingerprint density at radius 1 is 1.18 bits per heavy atom. The van der Waals surface area contributed by atoms with E-state index in [1.165, 1.54) is 17.9 Å². The molecule has 0 spiro atoms. The monoisotopic (exact) mass is 480 g/mol. The van der Waals surface area contributed by atoms with E-state index in [1.807, 2.05) is 0 Å². The Hall–Kier alpha value is -3.34. The molecule has 2 heterocycles. The predicted octanol–water partition coefficient (Wildman–Crippen LogP) is 4.26. The van der Waals surface area contributed by atoms with Crippen LogP contribution in [-0.4, -0.2) is 49.3 Å². The van der Waals surface area contributed by atoms with Gasteiger partial charge >= 0.3 is 18.1 Å². The number of ether oxygens (including phenoxy) is 2. The van der Waals surface area contributed by atoms with Crippen molar-refractivity contribution >= 4 is 17.6 Å². The van der Waals surface area contributed by atoms with Gasteiger partial charge in [0.05, 0.1) is 25.4 Å². The normalized spacial score (nSPS) is 20.4. The number of hydrogen-bond acceptors (Lipinski definition) is 5. The number of amides is 2. The van der Waals surface area contributed by atoms with Crippen molar-refractivity contribution < 1.29 is 31.8 Å². The first kappa shape index (κ1) is 23.8. The number of aryl methyl sites for hydroxylation is 1. The first-order chi connectivity index (χ1) is 16.1. The fourth-order valence-electron chi connectivity index (χ4n) is 3.76. The van der Waals surface area contributed by atoms with Crippen LogP contribution in [0.5, 0.6) is 0 Å². The van der Waals surface area contributed by atoms with Crippen molar-refractivity contribution in [2.24, 2.45) is 5.10 Å². The second-order valence-electron chi connectivity index (χ2n) is 8.28. The van der Waals surface area contributed by atoms with Crippen LogP contribution in [0.25, 0.3) is 0 Å². The minimum absolute atomic E-state index is 0.0613. The molecule has 1 unspecified atom stereocenters. The van der Waals surface area contributed by atoms with Gasteiger partial charge in [-0.15, -0.1) is 5.10 Å². The maximum Gasteiger partial charge on any atom is 0.470 e. The van der Waals surface area contributed by atoms with Crippen LogP contribution in [0.3, 0.4) is 0 Å². The van der Waals surface area contributed by atoms with Crippen LogP contribution in [0, 0.1) is 12.7 Å². The van der Waals surface area contributed by atoms with Gasteiger partial charge in [0.25, 0.3) is 0 Å². The summed E-state index contributed by atoms with van der Waals surface area (Å²) in [6.07, 6.45) is -4.71. The van der Waals surface area contributed by atoms with E-state index in [4.69, 9.17) is 9.47 Å². The molecule has 2 aromatic rings. The van der Waals surface area contributed by atoms with E-state index < -0.39 is 23.6 Å². The zero-order valence-corrected chi connectivity index (χ0v) is 18.7. The number of morpholine rings is 1. The van der Waals surface area contributed by atoms with Gasteiger partial charge in [0.1, 0.15) is 5.82 Å². The lowest BCUT2D eigenvalue weighted by molar-refractivity contribution is -0.0888. The van der Waals surface area contributed by atoms with Crippen LogP contribution in [-0.2, 0) is 21.7 Å². The highest BCUT2D eigenvalue weighted by molar-refractivity contribution is 5.92. The second kappa shape index (κ2) is 9.13. The van der Waals surface area contributed by atoms with Crippen molar-refractivity contribution in [3.63, 3.8) is 0 Å². The lowest BCUT2D eigenvalue weighted by Gasteiger charge is -2.33. The zero-order chi connectivity index (χ0) is 24.5. The summed E-state index contributed by atoms with van der Waals surface area (Å²) in [6, 6.07) is 10.8. The van der Waals surface area contributed by atoms with Crippen LogP contribution in [0.1, 0.15) is 23.6 Å². The minimum atomic E-state index is -4.71. The van der Waals surface area contributed by atoms with Gasteiger partial charge in [0, 0.05) is 25.6 Å². The quantitative estimate of drug-likeness (QED) is 0.665. The third kappa shape index (κ3) is 4.93. The van der Waals surface area contributed by atoms with E-state index in [2.05, 4.69) is 10.5 Å². The Kier molecular flexibility index (Phi) is 6.39. The molecule has 34 heavy (non-hydrogen) atoms. The van der Waals surface area contributed by atoms with Gasteiger partial charge in [-0.25, -0.2) is 9.18 Å². The van der Waals surface area contributed by atoms with Crippen LogP contribution >= 0.6 is 0 Å². The average Bonchev–Trinajstić information content (AvgIpc) is 3.22. The van der Waals surface area contributed by atoms with Gasteiger partial charge in [-0.1, -0.05) is 30.3 Å². The molecule has 1 saturated heterocycles. The summed E-state index contributed by atoms with van der Waals surface area (Å²) in [5.41, 5.74) is 2.82. The van der Waals surface area contributed by atoms with Gasteiger partial charge in [0.2, 0.25) is 5.72 Å². The van der Waals surface area contributed by atoms with Crippen LogP contribution < -0.4 is 10.3 Å². The maximum absolute atomic E-state index is 14.8. The van der Waals surface area contributed by atoms with Crippen molar-refractivity contribution in [1.29, 1.82) is 0 Å². The van der Waals surface area contributed by atoms with Crippen molar-refractivity contribution in [2.45, 2.75) is 32.3 Å². The Morgan fingerprint density at radius 2 is 1.85 bits per heavy atom. The Morgan fingerprint density at radius 3 is 2.44 bits per heavy atom. The van der Waals surface area contributed by atoms with Gasteiger partial charge in [-0.3, -0.25) is 10.3 Å². The molecule has 0 bridgehead atoms. The Bertz CT molecular complexity index is 1080. The molecule has 0 aromatic heterocycles. The summed E-state index contributed by atoms with van der Waals surface area (Å²) in [6.45, 7) is 4.84. The predicted molar refractivity (Wildman–Crippen MR) is 117 cm³/mol. The molecule has 1 fully saturated rings. The van der Waals surface area contributed by atoms with Crippen molar-refractivity contribution in [2.75, 3.05) is 31.2 Å². The summed E-state index contributed by atoms with van der Waals surface area (Å²) < 4.78 is 63.8. The molecule has 0 aliphatic carbocycles. The molecule has 182 valence electrons. The number of anilines is 1. The van der Waals surface area contributed by atoms with Gasteiger partial charge in [0.15, 0.2) is 0 Å². The zero-order valence-electron chi connectivity index (χ0n) is 18.7. The molecule has 7 nitrogen and oxygen atoms in total. The fraction of sp³-hybridized carbons (Fsp3) is 0.391. The standard InChI is InChI=1S/C23H24F4N4O3/c1-15-3-8-19(18(24)13-15)31(21(32)30-9-11-33-12-10-30)14-16-4-6-17(7-5-16)22(2)29-28-20(34-22)23(25,26)27/h3-8,13,29H,9-12,14H2,1-2H3. The third-order valence-corrected chi connectivity index (χ3v) is 5.67. The molecular weight excluding hydrogens is 456 g/mol. The minimum Gasteiger partial charge on any atom is -0.441 e. The third-order valence-electron chi connectivity index (χ3n) is 5.67. The SMILES string of the molecule is Cc1ccc(N(Cc2ccc(C3(C)NN=C(C(F)(F)F)O3)cc2)C(=O)N2CCOCC2)c(F)c1. The highest BCUT2D eigenvalue weighted by atomic mass is 19.4. The fourth-order valence-corrected chi connectivity index (χ4v) is 3.76. The summed E-state index contributed by atoms with van der Waals surface area (Å²) in [7, 11) is 0. The number of rotatable bonds is 4. The van der Waals surface area contributed by atoms with Gasteiger partial charge < -0.3 is 14.4 Å². The summed E-state index contributed by atoms with van der Waals surface area (Å²) in [5.74, 6) is -1.87. The molecule has 0 saturated carbocycles. The van der Waals surface area contributed by atoms with Crippen LogP contribution in [0.15, 0.2) is 47.6 Å². The van der Waals surface area contributed by atoms with Crippen molar-refractivity contribution in [1.82, 2.24) is 10.3 Å². The Balaban J connectivity index is 1.56.